The van der Waals surface area contributed by atoms with E-state index >= 15 is 0 Å². The number of amides is 1. The first kappa shape index (κ1) is 14.8. The van der Waals surface area contributed by atoms with E-state index in [0.29, 0.717) is 5.92 Å². The quantitative estimate of drug-likeness (QED) is 0.807. The zero-order valence-electron chi connectivity index (χ0n) is 13.4. The molecule has 1 aromatic carbocycles. The van der Waals surface area contributed by atoms with Gasteiger partial charge in [-0.15, -0.1) is 0 Å². The maximum atomic E-state index is 12.5. The maximum absolute atomic E-state index is 12.5. The zero-order valence-corrected chi connectivity index (χ0v) is 13.4. The van der Waals surface area contributed by atoms with Gasteiger partial charge in [-0.3, -0.25) is 4.79 Å². The molecule has 2 unspecified atom stereocenters. The molecule has 2 atom stereocenters. The van der Waals surface area contributed by atoms with E-state index in [4.69, 9.17) is 0 Å². The van der Waals surface area contributed by atoms with Gasteiger partial charge in [-0.25, -0.2) is 0 Å². The van der Waals surface area contributed by atoms with Crippen LogP contribution in [0.4, 0.5) is 5.69 Å². The molecule has 20 heavy (non-hydrogen) atoms. The molecule has 0 aromatic heterocycles. The van der Waals surface area contributed by atoms with E-state index in [0.717, 1.165) is 11.3 Å². The Morgan fingerprint density at radius 1 is 1.25 bits per heavy atom. The van der Waals surface area contributed by atoms with E-state index in [1.807, 2.05) is 19.1 Å². The summed E-state index contributed by atoms with van der Waals surface area (Å²) in [6.45, 7) is 12.6. The highest BCUT2D eigenvalue weighted by Crippen LogP contribution is 2.59. The molecule has 0 heterocycles. The van der Waals surface area contributed by atoms with Gasteiger partial charge in [-0.05, 0) is 50.7 Å². The normalized spacial score (nSPS) is 23.1. The minimum atomic E-state index is 0.0694. The molecule has 1 aliphatic carbocycles. The van der Waals surface area contributed by atoms with Crippen molar-refractivity contribution >= 4 is 11.6 Å². The van der Waals surface area contributed by atoms with Crippen LogP contribution in [-0.2, 0) is 4.79 Å². The van der Waals surface area contributed by atoms with Crippen LogP contribution < -0.4 is 5.32 Å². The predicted octanol–water partition coefficient (Wildman–Crippen LogP) is 4.48. The second kappa shape index (κ2) is 5.08. The highest BCUT2D eigenvalue weighted by molar-refractivity contribution is 5.96. The Morgan fingerprint density at radius 3 is 2.45 bits per heavy atom. The number of hydrogen-bond donors (Lipinski definition) is 1. The number of benzene rings is 1. The van der Waals surface area contributed by atoms with Crippen molar-refractivity contribution in [3.63, 3.8) is 0 Å². The number of carbonyl (C=O) groups excluding carboxylic acids is 1. The van der Waals surface area contributed by atoms with E-state index in [-0.39, 0.29) is 17.2 Å². The van der Waals surface area contributed by atoms with E-state index in [1.54, 1.807) is 0 Å². The molecule has 0 aliphatic heterocycles. The lowest BCUT2D eigenvalue weighted by Gasteiger charge is -2.09. The minimum absolute atomic E-state index is 0.0694. The fourth-order valence-electron chi connectivity index (χ4n) is 3.01. The Kier molecular flexibility index (Phi) is 3.77. The summed E-state index contributed by atoms with van der Waals surface area (Å²) >= 11 is 0. The lowest BCUT2D eigenvalue weighted by Crippen LogP contribution is -2.17. The number of hydrogen-bond acceptors (Lipinski definition) is 1. The van der Waals surface area contributed by atoms with Crippen molar-refractivity contribution in [3.05, 3.63) is 41.0 Å². The van der Waals surface area contributed by atoms with Gasteiger partial charge in [0.25, 0.3) is 0 Å². The molecule has 1 aromatic rings. The molecule has 1 N–H and O–H groups in total. The van der Waals surface area contributed by atoms with Crippen LogP contribution in [0, 0.1) is 31.1 Å². The van der Waals surface area contributed by atoms with Gasteiger partial charge in [-0.1, -0.05) is 43.2 Å². The molecule has 1 amide bonds. The van der Waals surface area contributed by atoms with Crippen molar-refractivity contribution in [2.75, 3.05) is 5.32 Å². The molecule has 1 saturated carbocycles. The first-order valence-electron chi connectivity index (χ1n) is 7.26. The first-order chi connectivity index (χ1) is 9.23. The Balaban J connectivity index is 2.12. The summed E-state index contributed by atoms with van der Waals surface area (Å²) in [5.41, 5.74) is 4.62. The monoisotopic (exact) mass is 271 g/mol. The molecule has 0 saturated heterocycles. The average molecular weight is 271 g/mol. The average Bonchev–Trinajstić information content (AvgIpc) is 2.83. The van der Waals surface area contributed by atoms with Crippen LogP contribution in [-0.4, -0.2) is 5.91 Å². The van der Waals surface area contributed by atoms with Gasteiger partial charge >= 0.3 is 0 Å². The Labute approximate surface area is 122 Å². The standard InChI is InChI=1S/C18H25NO/c1-11(2)9-14-16(18(14,5)6)17(20)19-15-8-7-12(3)10-13(15)4/h7-10,14,16H,1-6H3,(H,19,20). The topological polar surface area (TPSA) is 29.1 Å². The number of allylic oxidation sites excluding steroid dienone is 2. The van der Waals surface area contributed by atoms with Crippen molar-refractivity contribution in [3.8, 4) is 0 Å². The fourth-order valence-corrected chi connectivity index (χ4v) is 3.01. The van der Waals surface area contributed by atoms with Crippen molar-refractivity contribution in [2.45, 2.75) is 41.5 Å². The van der Waals surface area contributed by atoms with Crippen LogP contribution in [0.15, 0.2) is 29.8 Å². The summed E-state index contributed by atoms with van der Waals surface area (Å²) in [6, 6.07) is 6.13. The molecule has 0 spiro atoms. The van der Waals surface area contributed by atoms with E-state index in [1.165, 1.54) is 11.1 Å². The molecule has 1 fully saturated rings. The number of nitrogens with one attached hydrogen (secondary N) is 1. The molecular weight excluding hydrogens is 246 g/mol. The second-order valence-electron chi connectivity index (χ2n) is 6.88. The number of carbonyl (C=O) groups is 1. The van der Waals surface area contributed by atoms with Crippen LogP contribution in [0.2, 0.25) is 0 Å². The summed E-state index contributed by atoms with van der Waals surface area (Å²) in [7, 11) is 0. The van der Waals surface area contributed by atoms with Crippen LogP contribution in [0.3, 0.4) is 0 Å². The fraction of sp³-hybridized carbons (Fsp3) is 0.500. The number of rotatable bonds is 3. The van der Waals surface area contributed by atoms with Gasteiger partial charge in [0.15, 0.2) is 0 Å². The van der Waals surface area contributed by atoms with Crippen LogP contribution >= 0.6 is 0 Å². The highest BCUT2D eigenvalue weighted by Gasteiger charge is 2.60. The molecule has 2 nitrogen and oxygen atoms in total. The Hall–Kier alpha value is -1.57. The molecule has 0 bridgehead atoms. The molecular formula is C18H25NO. The zero-order chi connectivity index (χ0) is 15.1. The number of anilines is 1. The smallest absolute Gasteiger partial charge is 0.228 e. The van der Waals surface area contributed by atoms with Crippen molar-refractivity contribution in [1.29, 1.82) is 0 Å². The molecule has 2 rings (SSSR count). The third kappa shape index (κ3) is 2.79. The third-order valence-corrected chi connectivity index (χ3v) is 4.35. The summed E-state index contributed by atoms with van der Waals surface area (Å²) < 4.78 is 0. The van der Waals surface area contributed by atoms with Gasteiger partial charge in [0.2, 0.25) is 5.91 Å². The molecule has 0 radical (unpaired) electrons. The van der Waals surface area contributed by atoms with Crippen LogP contribution in [0.1, 0.15) is 38.8 Å². The lowest BCUT2D eigenvalue weighted by atomic mass is 10.1. The largest absolute Gasteiger partial charge is 0.326 e. The lowest BCUT2D eigenvalue weighted by molar-refractivity contribution is -0.118. The van der Waals surface area contributed by atoms with Crippen molar-refractivity contribution in [1.82, 2.24) is 0 Å². The Morgan fingerprint density at radius 2 is 1.90 bits per heavy atom. The van der Waals surface area contributed by atoms with E-state index in [9.17, 15) is 4.79 Å². The maximum Gasteiger partial charge on any atom is 0.228 e. The van der Waals surface area contributed by atoms with Gasteiger partial charge in [-0.2, -0.15) is 0 Å². The van der Waals surface area contributed by atoms with Gasteiger partial charge in [0.05, 0.1) is 5.92 Å². The van der Waals surface area contributed by atoms with Crippen molar-refractivity contribution < 1.29 is 4.79 Å². The summed E-state index contributed by atoms with van der Waals surface area (Å²) in [4.78, 5) is 12.5. The summed E-state index contributed by atoms with van der Waals surface area (Å²) in [5, 5.41) is 3.09. The predicted molar refractivity (Wildman–Crippen MR) is 84.7 cm³/mol. The van der Waals surface area contributed by atoms with Crippen molar-refractivity contribution in [2.24, 2.45) is 17.3 Å². The summed E-state index contributed by atoms with van der Waals surface area (Å²) in [6.07, 6.45) is 2.23. The van der Waals surface area contributed by atoms with Crippen LogP contribution in [0.5, 0.6) is 0 Å². The SMILES string of the molecule is CC(C)=CC1C(C(=O)Nc2ccc(C)cc2C)C1(C)C. The Bertz CT molecular complexity index is 565. The third-order valence-electron chi connectivity index (χ3n) is 4.35. The van der Waals surface area contributed by atoms with Crippen LogP contribution in [0.25, 0.3) is 0 Å². The van der Waals surface area contributed by atoms with E-state index < -0.39 is 0 Å². The highest BCUT2D eigenvalue weighted by atomic mass is 16.2. The second-order valence-corrected chi connectivity index (χ2v) is 6.88. The number of aryl methyl sites for hydroxylation is 2. The minimum Gasteiger partial charge on any atom is -0.326 e. The summed E-state index contributed by atoms with van der Waals surface area (Å²) in [5.74, 6) is 0.584. The van der Waals surface area contributed by atoms with Gasteiger partial charge < -0.3 is 5.32 Å². The van der Waals surface area contributed by atoms with Gasteiger partial charge in [0.1, 0.15) is 0 Å². The molecule has 1 aliphatic rings. The molecule has 108 valence electrons. The molecule has 2 heteroatoms. The first-order valence-corrected chi connectivity index (χ1v) is 7.26. The van der Waals surface area contributed by atoms with E-state index in [2.05, 4.69) is 52.1 Å². The van der Waals surface area contributed by atoms with Gasteiger partial charge in [0, 0.05) is 5.69 Å².